The summed E-state index contributed by atoms with van der Waals surface area (Å²) in [5, 5.41) is 1.01. The molecule has 0 aliphatic heterocycles. The van der Waals surface area contributed by atoms with Crippen molar-refractivity contribution >= 4 is 10.0 Å². The van der Waals surface area contributed by atoms with Crippen molar-refractivity contribution in [2.45, 2.75) is 25.3 Å². The smallest absolute Gasteiger partial charge is 0.208 e. The van der Waals surface area contributed by atoms with Crippen molar-refractivity contribution in [1.29, 1.82) is 0 Å². The van der Waals surface area contributed by atoms with Gasteiger partial charge in [-0.2, -0.15) is 4.31 Å². The Balaban J connectivity index is 2.66. The van der Waals surface area contributed by atoms with Crippen LogP contribution in [0.4, 0.5) is 0 Å². The molecule has 0 heterocycles. The molecule has 0 bridgehead atoms. The summed E-state index contributed by atoms with van der Waals surface area (Å²) in [6.07, 6.45) is 3.12. The molecule has 1 rings (SSSR count). The first kappa shape index (κ1) is 8.74. The summed E-state index contributed by atoms with van der Waals surface area (Å²) in [4.78, 5) is 0. The molecule has 0 spiro atoms. The van der Waals surface area contributed by atoms with Crippen LogP contribution in [0.25, 0.3) is 0 Å². The lowest BCUT2D eigenvalue weighted by Gasteiger charge is -2.32. The van der Waals surface area contributed by atoms with E-state index in [0.29, 0.717) is 0 Å². The van der Waals surface area contributed by atoms with Gasteiger partial charge in [-0.1, -0.05) is 13.0 Å². The molecule has 64 valence electrons. The highest BCUT2D eigenvalue weighted by Gasteiger charge is 2.28. The second-order valence-corrected chi connectivity index (χ2v) is 4.75. The minimum absolute atomic E-state index is 0.220. The van der Waals surface area contributed by atoms with Crippen molar-refractivity contribution in [2.24, 2.45) is 0 Å². The van der Waals surface area contributed by atoms with E-state index in [0.717, 1.165) is 24.7 Å². The van der Waals surface area contributed by atoms with Crippen LogP contribution in [0.1, 0.15) is 19.3 Å². The lowest BCUT2D eigenvalue weighted by atomic mass is 9.94. The largest absolute Gasteiger partial charge is 0.235 e. The fraction of sp³-hybridized carbons (Fsp3) is 0.714. The zero-order chi connectivity index (χ0) is 8.48. The Morgan fingerprint density at radius 1 is 1.55 bits per heavy atom. The van der Waals surface area contributed by atoms with Crippen LogP contribution in [0.3, 0.4) is 0 Å². The minimum atomic E-state index is -3.16. The Labute approximate surface area is 67.8 Å². The summed E-state index contributed by atoms with van der Waals surface area (Å²) in [5.74, 6) is 0. The summed E-state index contributed by atoms with van der Waals surface area (Å²) in [6, 6.07) is 0.220. The van der Waals surface area contributed by atoms with Gasteiger partial charge in [-0.15, -0.1) is 0 Å². The van der Waals surface area contributed by atoms with Gasteiger partial charge in [0.15, 0.2) is 0 Å². The zero-order valence-corrected chi connectivity index (χ0v) is 7.47. The molecule has 11 heavy (non-hydrogen) atoms. The van der Waals surface area contributed by atoms with Crippen molar-refractivity contribution in [3.63, 3.8) is 0 Å². The molecule has 0 amide bonds. The van der Waals surface area contributed by atoms with E-state index >= 15 is 0 Å². The first-order valence-corrected chi connectivity index (χ1v) is 5.18. The van der Waals surface area contributed by atoms with E-state index in [1.54, 1.807) is 7.05 Å². The Morgan fingerprint density at radius 2 is 2.09 bits per heavy atom. The molecule has 3 nitrogen and oxygen atoms in total. The van der Waals surface area contributed by atoms with E-state index in [1.165, 1.54) is 4.31 Å². The molecule has 0 unspecified atom stereocenters. The Morgan fingerprint density at radius 3 is 2.36 bits per heavy atom. The van der Waals surface area contributed by atoms with Gasteiger partial charge in [0.1, 0.15) is 0 Å². The Kier molecular flexibility index (Phi) is 2.34. The van der Waals surface area contributed by atoms with Crippen LogP contribution in [0.5, 0.6) is 0 Å². The van der Waals surface area contributed by atoms with Gasteiger partial charge in [-0.25, -0.2) is 8.42 Å². The van der Waals surface area contributed by atoms with E-state index in [1.807, 2.05) is 0 Å². The number of sulfonamides is 1. The maximum Gasteiger partial charge on any atom is 0.235 e. The molecule has 0 aromatic rings. The highest BCUT2D eigenvalue weighted by molar-refractivity contribution is 7.92. The van der Waals surface area contributed by atoms with Crippen LogP contribution >= 0.6 is 0 Å². The Hall–Kier alpha value is -0.350. The lowest BCUT2D eigenvalue weighted by molar-refractivity contribution is 0.252. The number of nitrogens with zero attached hydrogens (tertiary/aromatic N) is 1. The van der Waals surface area contributed by atoms with Crippen molar-refractivity contribution in [2.75, 3.05) is 7.05 Å². The number of hydrogen-bond acceptors (Lipinski definition) is 2. The van der Waals surface area contributed by atoms with Gasteiger partial charge in [0.05, 0.1) is 0 Å². The van der Waals surface area contributed by atoms with Gasteiger partial charge in [0, 0.05) is 18.5 Å². The van der Waals surface area contributed by atoms with E-state index in [-0.39, 0.29) is 6.04 Å². The van der Waals surface area contributed by atoms with Crippen molar-refractivity contribution in [3.05, 3.63) is 12.0 Å². The molecule has 0 saturated heterocycles. The normalized spacial score (nSPS) is 19.8. The predicted octanol–water partition coefficient (Wildman–Crippen LogP) is 0.944. The fourth-order valence-corrected chi connectivity index (χ4v) is 1.94. The minimum Gasteiger partial charge on any atom is -0.208 e. The van der Waals surface area contributed by atoms with E-state index in [2.05, 4.69) is 6.58 Å². The van der Waals surface area contributed by atoms with Gasteiger partial charge in [0.2, 0.25) is 10.0 Å². The van der Waals surface area contributed by atoms with Gasteiger partial charge in [-0.3, -0.25) is 0 Å². The summed E-state index contributed by atoms with van der Waals surface area (Å²) >= 11 is 0. The van der Waals surface area contributed by atoms with Crippen molar-refractivity contribution in [3.8, 4) is 0 Å². The molecule has 0 aromatic carbocycles. The van der Waals surface area contributed by atoms with Gasteiger partial charge in [0.25, 0.3) is 0 Å². The summed E-state index contributed by atoms with van der Waals surface area (Å²) in [7, 11) is -1.55. The maximum atomic E-state index is 11.1. The van der Waals surface area contributed by atoms with E-state index < -0.39 is 10.0 Å². The standard InChI is InChI=1S/C7H13NO2S/c1-3-11(9,10)8(2)7-5-4-6-7/h3,7H,1,4-6H2,2H3. The second kappa shape index (κ2) is 2.95. The summed E-state index contributed by atoms with van der Waals surface area (Å²) in [6.45, 7) is 3.26. The van der Waals surface area contributed by atoms with Crippen LogP contribution in [-0.4, -0.2) is 25.8 Å². The van der Waals surface area contributed by atoms with Crippen LogP contribution in [-0.2, 0) is 10.0 Å². The molecule has 4 heteroatoms. The maximum absolute atomic E-state index is 11.1. The molecular weight excluding hydrogens is 162 g/mol. The third-order valence-corrected chi connectivity index (χ3v) is 3.72. The number of hydrogen-bond donors (Lipinski definition) is 0. The van der Waals surface area contributed by atoms with Gasteiger partial charge >= 0.3 is 0 Å². The van der Waals surface area contributed by atoms with E-state index in [4.69, 9.17) is 0 Å². The molecule has 0 N–H and O–H groups in total. The van der Waals surface area contributed by atoms with Gasteiger partial charge in [-0.05, 0) is 12.8 Å². The van der Waals surface area contributed by atoms with Crippen LogP contribution in [0.2, 0.25) is 0 Å². The Bertz CT molecular complexity index is 241. The van der Waals surface area contributed by atoms with Crippen LogP contribution in [0, 0.1) is 0 Å². The third-order valence-electron chi connectivity index (χ3n) is 2.20. The molecule has 1 saturated carbocycles. The quantitative estimate of drug-likeness (QED) is 0.640. The van der Waals surface area contributed by atoms with E-state index in [9.17, 15) is 8.42 Å². The third kappa shape index (κ3) is 1.62. The van der Waals surface area contributed by atoms with Crippen molar-refractivity contribution < 1.29 is 8.42 Å². The number of rotatable bonds is 3. The summed E-state index contributed by atoms with van der Waals surface area (Å²) < 4.78 is 23.7. The molecule has 1 aliphatic rings. The molecule has 0 aromatic heterocycles. The topological polar surface area (TPSA) is 37.4 Å². The zero-order valence-electron chi connectivity index (χ0n) is 6.66. The van der Waals surface area contributed by atoms with Crippen molar-refractivity contribution in [1.82, 2.24) is 4.31 Å². The highest BCUT2D eigenvalue weighted by atomic mass is 32.2. The molecule has 0 radical (unpaired) electrons. The van der Waals surface area contributed by atoms with Crippen LogP contribution in [0.15, 0.2) is 12.0 Å². The molecule has 1 fully saturated rings. The van der Waals surface area contributed by atoms with Crippen LogP contribution < -0.4 is 0 Å². The predicted molar refractivity (Wildman–Crippen MR) is 44.5 cm³/mol. The van der Waals surface area contributed by atoms with Gasteiger partial charge < -0.3 is 0 Å². The monoisotopic (exact) mass is 175 g/mol. The second-order valence-electron chi connectivity index (χ2n) is 2.81. The fourth-order valence-electron chi connectivity index (χ4n) is 1.08. The molecule has 1 aliphatic carbocycles. The average molecular weight is 175 g/mol. The first-order chi connectivity index (χ1) is 5.08. The molecule has 0 atom stereocenters. The average Bonchev–Trinajstić information content (AvgIpc) is 1.84. The first-order valence-electron chi connectivity index (χ1n) is 3.68. The summed E-state index contributed by atoms with van der Waals surface area (Å²) in [5.41, 5.74) is 0. The SMILES string of the molecule is C=CS(=O)(=O)N(C)C1CCC1. The lowest BCUT2D eigenvalue weighted by Crippen LogP contribution is -2.40. The highest BCUT2D eigenvalue weighted by Crippen LogP contribution is 2.25. The molecular formula is C7H13NO2S.